The minimum atomic E-state index is -0.750. The molecule has 2 aliphatic rings. The summed E-state index contributed by atoms with van der Waals surface area (Å²) < 4.78 is 16.8. The smallest absolute Gasteiger partial charge is 0.180 e. The molecule has 4 aromatic carbocycles. The van der Waals surface area contributed by atoms with Gasteiger partial charge in [0.25, 0.3) is 0 Å². The predicted molar refractivity (Wildman–Crippen MR) is 251 cm³/mol. The van der Waals surface area contributed by atoms with E-state index in [0.29, 0.717) is 57.3 Å². The fourth-order valence-electron chi connectivity index (χ4n) is 7.21. The molecule has 2 aliphatic heterocycles. The zero-order valence-electron chi connectivity index (χ0n) is 38.4. The van der Waals surface area contributed by atoms with Gasteiger partial charge in [0.2, 0.25) is 0 Å². The molecule has 0 saturated carbocycles. The van der Waals surface area contributed by atoms with Crippen LogP contribution in [0.1, 0.15) is 163 Å². The van der Waals surface area contributed by atoms with E-state index in [1.54, 1.807) is 0 Å². The van der Waals surface area contributed by atoms with Gasteiger partial charge in [-0.15, -0.1) is 0 Å². The molecular weight excluding hydrogens is 831 g/mol. The number of phenols is 4. The molecule has 6 rings (SSSR count). The first-order chi connectivity index (χ1) is 28.2. The number of fused-ring (bicyclic) bond motifs is 8. The summed E-state index contributed by atoms with van der Waals surface area (Å²) in [6.45, 7) is 28.2. The highest BCUT2D eigenvalue weighted by Crippen LogP contribution is 2.40. The van der Waals surface area contributed by atoms with E-state index >= 15 is 0 Å². The van der Waals surface area contributed by atoms with Crippen molar-refractivity contribution in [2.75, 3.05) is 13.2 Å². The number of benzene rings is 4. The Morgan fingerprint density at radius 2 is 0.574 bits per heavy atom. The quantitative estimate of drug-likeness (QED) is 0.130. The van der Waals surface area contributed by atoms with Crippen LogP contribution in [0.25, 0.3) is 0 Å². The van der Waals surface area contributed by atoms with Gasteiger partial charge < -0.3 is 34.6 Å². The van der Waals surface area contributed by atoms with Crippen molar-refractivity contribution < 1.29 is 34.6 Å². The zero-order valence-corrected chi connectivity index (χ0v) is 40.7. The lowest BCUT2D eigenvalue weighted by Crippen LogP contribution is -2.15. The third-order valence-corrected chi connectivity index (χ3v) is 11.2. The Labute approximate surface area is 380 Å². The van der Waals surface area contributed by atoms with Crippen molar-refractivity contribution in [2.45, 2.75) is 161 Å². The van der Waals surface area contributed by atoms with Crippen molar-refractivity contribution >= 4 is 34.8 Å². The van der Waals surface area contributed by atoms with Crippen molar-refractivity contribution in [3.63, 3.8) is 0 Å². The SMILES string of the molecule is C1CCOC1.CC(C)(C)c1cc2c(O)c(c1)Cc1cc(C(C)(C)C)cc(c1O)COCc1cc(C(C)(C)C)cc(c1O)Cc1cc(C(C)(C)C)cc(c1O)COC2.ClC(Cl)Cl. The first-order valence-electron chi connectivity index (χ1n) is 21.2. The largest absolute Gasteiger partial charge is 0.507 e. The van der Waals surface area contributed by atoms with Crippen molar-refractivity contribution in [1.82, 2.24) is 0 Å². The molecule has 2 heterocycles. The maximum Gasteiger partial charge on any atom is 0.180 e. The molecule has 336 valence electrons. The highest BCUT2D eigenvalue weighted by molar-refractivity contribution is 6.63. The second-order valence-corrected chi connectivity index (χ2v) is 22.5. The van der Waals surface area contributed by atoms with E-state index in [2.05, 4.69) is 83.1 Å². The van der Waals surface area contributed by atoms with Crippen LogP contribution < -0.4 is 0 Å². The van der Waals surface area contributed by atoms with E-state index in [0.717, 1.165) is 35.5 Å². The number of phenolic OH excluding ortho intramolecular Hbond substituents is 4. The van der Waals surface area contributed by atoms with Crippen LogP contribution >= 0.6 is 34.8 Å². The lowest BCUT2D eigenvalue weighted by atomic mass is 9.82. The molecule has 1 saturated heterocycles. The van der Waals surface area contributed by atoms with Crippen LogP contribution in [0.15, 0.2) is 48.5 Å². The average Bonchev–Trinajstić information content (AvgIpc) is 3.72. The van der Waals surface area contributed by atoms with E-state index in [9.17, 15) is 20.4 Å². The minimum Gasteiger partial charge on any atom is -0.507 e. The summed E-state index contributed by atoms with van der Waals surface area (Å²) in [4.78, 5) is 0. The van der Waals surface area contributed by atoms with Crippen LogP contribution in [0.3, 0.4) is 0 Å². The fraction of sp³-hybridized carbons (Fsp3) is 0.529. The molecular formula is C51H69Cl3O7. The van der Waals surface area contributed by atoms with Crippen LogP contribution in [-0.2, 0) is 75.1 Å². The van der Waals surface area contributed by atoms with Gasteiger partial charge in [0.1, 0.15) is 23.0 Å². The number of rotatable bonds is 0. The van der Waals surface area contributed by atoms with Gasteiger partial charge in [0, 0.05) is 48.3 Å². The number of halogens is 3. The maximum absolute atomic E-state index is 11.7. The van der Waals surface area contributed by atoms with Crippen LogP contribution in [0, 0.1) is 0 Å². The summed E-state index contributed by atoms with van der Waals surface area (Å²) in [5.74, 6) is 0.547. The van der Waals surface area contributed by atoms with Crippen molar-refractivity contribution in [2.24, 2.45) is 0 Å². The normalized spacial score (nSPS) is 15.3. The predicted octanol–water partition coefficient (Wildman–Crippen LogP) is 13.4. The summed E-state index contributed by atoms with van der Waals surface area (Å²) in [5, 5.41) is 46.9. The van der Waals surface area contributed by atoms with Gasteiger partial charge in [-0.1, -0.05) is 142 Å². The van der Waals surface area contributed by atoms with Crippen LogP contribution in [0.4, 0.5) is 0 Å². The van der Waals surface area contributed by atoms with E-state index in [4.69, 9.17) is 49.0 Å². The Kier molecular flexibility index (Phi) is 17.0. The number of alkyl halides is 3. The number of ether oxygens (including phenoxy) is 3. The summed E-state index contributed by atoms with van der Waals surface area (Å²) in [6, 6.07) is 16.1. The van der Waals surface area contributed by atoms with E-state index in [1.165, 1.54) is 12.8 Å². The Bertz CT molecular complexity index is 1820. The van der Waals surface area contributed by atoms with Crippen LogP contribution in [0.2, 0.25) is 0 Å². The molecule has 0 atom stereocenters. The van der Waals surface area contributed by atoms with Crippen LogP contribution in [0.5, 0.6) is 23.0 Å². The van der Waals surface area contributed by atoms with Crippen molar-refractivity contribution in [3.8, 4) is 23.0 Å². The Balaban J connectivity index is 0.000000815. The average molecular weight is 900 g/mol. The highest BCUT2D eigenvalue weighted by Gasteiger charge is 2.26. The second kappa shape index (κ2) is 20.6. The van der Waals surface area contributed by atoms with Gasteiger partial charge in [0.05, 0.1) is 26.4 Å². The van der Waals surface area contributed by atoms with Gasteiger partial charge >= 0.3 is 0 Å². The van der Waals surface area contributed by atoms with Gasteiger partial charge in [-0.3, -0.25) is 0 Å². The number of aromatic hydroxyl groups is 4. The first-order valence-corrected chi connectivity index (χ1v) is 22.5. The third-order valence-electron chi connectivity index (χ3n) is 11.2. The molecule has 0 unspecified atom stereocenters. The van der Waals surface area contributed by atoms with Gasteiger partial charge in [-0.25, -0.2) is 0 Å². The standard InChI is InChI=1S/C46H60O6.C4H8O.CHCl3/c1-43(2,3)35-15-27-13-28-16-36(44(4,5)6)21-33(40(28)48)25-52-26-34-22-38(46(10,11)12)18-30(42(34)50)14-29-17-37(45(7,8)9)20-32(41(29)49)24-51-23-31(19-35)39(27)47;1-2-4-5-3-1;2-1(3)4/h15-22,47-50H,13-14,23-26H2,1-12H3;1-4H2;1H. The molecule has 61 heavy (non-hydrogen) atoms. The minimum absolute atomic E-state index is 0.127. The second-order valence-electron chi connectivity index (χ2n) is 20.5. The monoisotopic (exact) mass is 898 g/mol. The molecule has 4 N–H and O–H groups in total. The van der Waals surface area contributed by atoms with E-state index < -0.39 is 4.30 Å². The Hall–Kier alpha value is -3.17. The van der Waals surface area contributed by atoms with Crippen molar-refractivity contribution in [3.05, 3.63) is 115 Å². The Morgan fingerprint density at radius 3 is 0.738 bits per heavy atom. The molecule has 7 nitrogen and oxygen atoms in total. The molecule has 0 amide bonds. The van der Waals surface area contributed by atoms with Crippen molar-refractivity contribution in [1.29, 1.82) is 0 Å². The highest BCUT2D eigenvalue weighted by atomic mass is 35.6. The van der Waals surface area contributed by atoms with E-state index in [1.807, 2.05) is 48.5 Å². The molecule has 10 heteroatoms. The first kappa shape index (κ1) is 50.5. The fourth-order valence-corrected chi connectivity index (χ4v) is 7.21. The maximum atomic E-state index is 11.7. The van der Waals surface area contributed by atoms with E-state index in [-0.39, 0.29) is 71.1 Å². The summed E-state index contributed by atoms with van der Waals surface area (Å²) in [6.07, 6.45) is 3.17. The van der Waals surface area contributed by atoms with Gasteiger partial charge in [-0.2, -0.15) is 0 Å². The van der Waals surface area contributed by atoms with Gasteiger partial charge in [0.15, 0.2) is 4.30 Å². The molecule has 0 aromatic heterocycles. The lowest BCUT2D eigenvalue weighted by Gasteiger charge is -2.25. The summed E-state index contributed by atoms with van der Waals surface area (Å²) >= 11 is 14.4. The molecule has 1 fully saturated rings. The number of hydrogen-bond donors (Lipinski definition) is 4. The summed E-state index contributed by atoms with van der Waals surface area (Å²) in [5.41, 5.74) is 8.75. The molecule has 0 spiro atoms. The molecule has 8 bridgehead atoms. The lowest BCUT2D eigenvalue weighted by molar-refractivity contribution is 0.103. The number of hydrogen-bond acceptors (Lipinski definition) is 7. The van der Waals surface area contributed by atoms with Crippen LogP contribution in [-0.4, -0.2) is 37.9 Å². The third kappa shape index (κ3) is 14.2. The molecule has 0 radical (unpaired) electrons. The molecule has 0 aliphatic carbocycles. The molecule has 4 aromatic rings. The zero-order chi connectivity index (χ0) is 45.7. The topological polar surface area (TPSA) is 109 Å². The Morgan fingerprint density at radius 1 is 0.377 bits per heavy atom. The summed E-state index contributed by atoms with van der Waals surface area (Å²) in [7, 11) is 0. The van der Waals surface area contributed by atoms with Gasteiger partial charge in [-0.05, 0) is 103 Å².